The number of rotatable bonds is 5. The second kappa shape index (κ2) is 5.33. The Morgan fingerprint density at radius 2 is 2.06 bits per heavy atom. The monoisotopic (exact) mass is 266 g/mol. The molecule has 1 heterocycles. The summed E-state index contributed by atoms with van der Waals surface area (Å²) in [6.07, 6.45) is -0.456. The Morgan fingerprint density at radius 3 is 2.61 bits per heavy atom. The molecule has 0 aliphatic carbocycles. The van der Waals surface area contributed by atoms with Crippen LogP contribution < -0.4 is 0 Å². The second-order valence-corrected chi connectivity index (χ2v) is 5.65. The van der Waals surface area contributed by atoms with Gasteiger partial charge in [-0.15, -0.1) is 11.8 Å². The van der Waals surface area contributed by atoms with Gasteiger partial charge >= 0.3 is 5.97 Å². The first-order valence-corrected chi connectivity index (χ1v) is 7.18. The van der Waals surface area contributed by atoms with E-state index < -0.39 is 11.7 Å². The van der Waals surface area contributed by atoms with Gasteiger partial charge in [-0.2, -0.15) is 0 Å². The first-order chi connectivity index (χ1) is 8.61. The van der Waals surface area contributed by atoms with E-state index in [1.807, 2.05) is 19.1 Å². The summed E-state index contributed by atoms with van der Waals surface area (Å²) < 4.78 is 10.5. The van der Waals surface area contributed by atoms with Gasteiger partial charge in [0.25, 0.3) is 0 Å². The van der Waals surface area contributed by atoms with Crippen LogP contribution in [0.4, 0.5) is 0 Å². The van der Waals surface area contributed by atoms with Crippen LogP contribution in [0.5, 0.6) is 0 Å². The number of ether oxygens (including phenoxy) is 2. The van der Waals surface area contributed by atoms with Gasteiger partial charge in [-0.1, -0.05) is 19.1 Å². The third-order valence-electron chi connectivity index (χ3n) is 3.04. The van der Waals surface area contributed by atoms with Crippen LogP contribution >= 0.6 is 11.8 Å². The van der Waals surface area contributed by atoms with Gasteiger partial charge in [0, 0.05) is 4.90 Å². The quantitative estimate of drug-likeness (QED) is 0.466. The molecule has 1 aliphatic rings. The third-order valence-corrected chi connectivity index (χ3v) is 3.94. The Kier molecular flexibility index (Phi) is 3.97. The summed E-state index contributed by atoms with van der Waals surface area (Å²) in [5, 5.41) is 0. The standard InChI is InChI=1S/C14H18O3S/c1-4-16-13(15)12-14(3,17-12)10-6-8-11(9-7-10)18-5-2/h6-9,12H,4-5H2,1-3H3. The summed E-state index contributed by atoms with van der Waals surface area (Å²) in [7, 11) is 0. The van der Waals surface area contributed by atoms with Gasteiger partial charge in [-0.05, 0) is 37.3 Å². The zero-order valence-electron chi connectivity index (χ0n) is 10.9. The molecule has 1 aromatic rings. The highest BCUT2D eigenvalue weighted by molar-refractivity contribution is 7.99. The average Bonchev–Trinajstić information content (AvgIpc) is 3.05. The molecule has 0 aromatic heterocycles. The van der Waals surface area contributed by atoms with Crippen molar-refractivity contribution in [2.75, 3.05) is 12.4 Å². The molecular weight excluding hydrogens is 248 g/mol. The van der Waals surface area contributed by atoms with E-state index in [-0.39, 0.29) is 5.97 Å². The molecule has 0 N–H and O–H groups in total. The zero-order valence-corrected chi connectivity index (χ0v) is 11.8. The van der Waals surface area contributed by atoms with Crippen LogP contribution in [-0.4, -0.2) is 24.4 Å². The topological polar surface area (TPSA) is 38.8 Å². The van der Waals surface area contributed by atoms with Gasteiger partial charge in [0.1, 0.15) is 5.60 Å². The SMILES string of the molecule is CCOC(=O)C1OC1(C)c1ccc(SCC)cc1. The summed E-state index contributed by atoms with van der Waals surface area (Å²) in [4.78, 5) is 12.8. The lowest BCUT2D eigenvalue weighted by molar-refractivity contribution is -0.144. The Balaban J connectivity index is 2.06. The molecular formula is C14H18O3S. The minimum atomic E-state index is -0.512. The number of carbonyl (C=O) groups is 1. The van der Waals surface area contributed by atoms with Crippen LogP contribution in [0.2, 0.25) is 0 Å². The van der Waals surface area contributed by atoms with Crippen LogP contribution in [0.3, 0.4) is 0 Å². The van der Waals surface area contributed by atoms with Crippen molar-refractivity contribution >= 4 is 17.7 Å². The van der Waals surface area contributed by atoms with Crippen LogP contribution in [0.25, 0.3) is 0 Å². The van der Waals surface area contributed by atoms with E-state index in [1.54, 1.807) is 18.7 Å². The Bertz CT molecular complexity index is 429. The van der Waals surface area contributed by atoms with E-state index in [1.165, 1.54) is 4.90 Å². The fourth-order valence-electron chi connectivity index (χ4n) is 1.97. The second-order valence-electron chi connectivity index (χ2n) is 4.31. The number of epoxide rings is 1. The molecule has 1 aliphatic heterocycles. The number of hydrogen-bond acceptors (Lipinski definition) is 4. The fourth-order valence-corrected chi connectivity index (χ4v) is 2.63. The van der Waals surface area contributed by atoms with Gasteiger partial charge < -0.3 is 9.47 Å². The molecule has 0 amide bonds. The van der Waals surface area contributed by atoms with Gasteiger partial charge in [-0.3, -0.25) is 0 Å². The van der Waals surface area contributed by atoms with Gasteiger partial charge in [0.05, 0.1) is 6.61 Å². The van der Waals surface area contributed by atoms with E-state index >= 15 is 0 Å². The summed E-state index contributed by atoms with van der Waals surface area (Å²) in [5.41, 5.74) is 0.516. The number of carbonyl (C=O) groups excluding carboxylic acids is 1. The van der Waals surface area contributed by atoms with Crippen molar-refractivity contribution in [3.8, 4) is 0 Å². The lowest BCUT2D eigenvalue weighted by Gasteiger charge is -2.07. The van der Waals surface area contributed by atoms with Crippen molar-refractivity contribution in [3.05, 3.63) is 29.8 Å². The highest BCUT2D eigenvalue weighted by Gasteiger charge is 2.59. The molecule has 18 heavy (non-hydrogen) atoms. The zero-order chi connectivity index (χ0) is 13.2. The van der Waals surface area contributed by atoms with Crippen LogP contribution in [0.1, 0.15) is 26.3 Å². The summed E-state index contributed by atoms with van der Waals surface area (Å²) in [5.74, 6) is 0.783. The molecule has 2 rings (SSSR count). The molecule has 1 saturated heterocycles. The first-order valence-electron chi connectivity index (χ1n) is 6.19. The van der Waals surface area contributed by atoms with Crippen LogP contribution in [0.15, 0.2) is 29.2 Å². The van der Waals surface area contributed by atoms with Gasteiger partial charge in [0.2, 0.25) is 0 Å². The fraction of sp³-hybridized carbons (Fsp3) is 0.500. The van der Waals surface area contributed by atoms with Crippen LogP contribution in [0, 0.1) is 0 Å². The summed E-state index contributed by atoms with van der Waals surface area (Å²) >= 11 is 1.80. The van der Waals surface area contributed by atoms with E-state index in [9.17, 15) is 4.79 Å². The Hall–Kier alpha value is -1.00. The highest BCUT2D eigenvalue weighted by Crippen LogP contribution is 2.46. The lowest BCUT2D eigenvalue weighted by atomic mass is 9.97. The molecule has 4 heteroatoms. The van der Waals surface area contributed by atoms with Crippen molar-refractivity contribution in [1.29, 1.82) is 0 Å². The third kappa shape index (κ3) is 2.54. The molecule has 0 bridgehead atoms. The van der Waals surface area contributed by atoms with Crippen molar-refractivity contribution in [2.45, 2.75) is 37.4 Å². The predicted octanol–water partition coefficient (Wildman–Crippen LogP) is 2.98. The van der Waals surface area contributed by atoms with Crippen molar-refractivity contribution in [2.24, 2.45) is 0 Å². The predicted molar refractivity (Wildman–Crippen MR) is 71.7 cm³/mol. The normalized spacial score (nSPS) is 25.8. The van der Waals surface area contributed by atoms with Gasteiger partial charge in [0.15, 0.2) is 6.10 Å². The molecule has 2 unspecified atom stereocenters. The number of hydrogen-bond donors (Lipinski definition) is 0. The average molecular weight is 266 g/mol. The minimum Gasteiger partial charge on any atom is -0.464 e. The van der Waals surface area contributed by atoms with Crippen molar-refractivity contribution in [1.82, 2.24) is 0 Å². The maximum atomic E-state index is 11.6. The molecule has 2 atom stereocenters. The van der Waals surface area contributed by atoms with E-state index in [0.717, 1.165) is 11.3 Å². The number of thioether (sulfide) groups is 1. The van der Waals surface area contributed by atoms with E-state index in [2.05, 4.69) is 19.1 Å². The molecule has 1 aromatic carbocycles. The van der Waals surface area contributed by atoms with Crippen LogP contribution in [-0.2, 0) is 19.9 Å². The van der Waals surface area contributed by atoms with Crippen molar-refractivity contribution in [3.63, 3.8) is 0 Å². The largest absolute Gasteiger partial charge is 0.464 e. The smallest absolute Gasteiger partial charge is 0.338 e. The van der Waals surface area contributed by atoms with Crippen molar-refractivity contribution < 1.29 is 14.3 Å². The van der Waals surface area contributed by atoms with E-state index in [4.69, 9.17) is 9.47 Å². The number of benzene rings is 1. The molecule has 3 nitrogen and oxygen atoms in total. The molecule has 0 saturated carbocycles. The van der Waals surface area contributed by atoms with E-state index in [0.29, 0.717) is 6.61 Å². The molecule has 98 valence electrons. The Labute approximate surface area is 112 Å². The molecule has 1 fully saturated rings. The lowest BCUT2D eigenvalue weighted by Crippen LogP contribution is -2.18. The Morgan fingerprint density at radius 1 is 1.39 bits per heavy atom. The maximum absolute atomic E-state index is 11.6. The highest BCUT2D eigenvalue weighted by atomic mass is 32.2. The maximum Gasteiger partial charge on any atom is 0.338 e. The summed E-state index contributed by atoms with van der Waals surface area (Å²) in [6.45, 7) is 6.24. The first kappa shape index (κ1) is 13.4. The number of esters is 1. The molecule has 0 spiro atoms. The minimum absolute atomic E-state index is 0.271. The summed E-state index contributed by atoms with van der Waals surface area (Å²) in [6, 6.07) is 8.19. The molecule has 0 radical (unpaired) electrons. The van der Waals surface area contributed by atoms with Gasteiger partial charge in [-0.25, -0.2) is 4.79 Å².